The molecule has 0 spiro atoms. The van der Waals surface area contributed by atoms with E-state index in [0.717, 1.165) is 6.42 Å². The van der Waals surface area contributed by atoms with Gasteiger partial charge < -0.3 is 15.2 Å². The number of epoxide rings is 1. The Morgan fingerprint density at radius 2 is 2.07 bits per heavy atom. The maximum atomic E-state index is 5.72. The van der Waals surface area contributed by atoms with Gasteiger partial charge in [-0.2, -0.15) is 0 Å². The third-order valence-electron chi connectivity index (χ3n) is 2.30. The van der Waals surface area contributed by atoms with Crippen molar-refractivity contribution in [1.29, 1.82) is 0 Å². The molecule has 0 saturated carbocycles. The zero-order valence-electron chi connectivity index (χ0n) is 8.11. The highest BCUT2D eigenvalue weighted by atomic mass is 16.6. The van der Waals surface area contributed by atoms with Crippen LogP contribution in [0.3, 0.4) is 0 Å². The Morgan fingerprint density at radius 3 is 2.71 bits per heavy atom. The van der Waals surface area contributed by atoms with Crippen molar-refractivity contribution in [3.05, 3.63) is 35.9 Å². The van der Waals surface area contributed by atoms with E-state index in [2.05, 4.69) is 0 Å². The van der Waals surface area contributed by atoms with Crippen LogP contribution in [0.15, 0.2) is 30.3 Å². The minimum atomic E-state index is -0.378. The lowest BCUT2D eigenvalue weighted by Gasteiger charge is -2.06. The second-order valence-corrected chi connectivity index (χ2v) is 3.64. The molecule has 1 heterocycles. The first-order chi connectivity index (χ1) is 6.79. The normalized spacial score (nSPS) is 24.9. The largest absolute Gasteiger partial charge is 0.377 e. The van der Waals surface area contributed by atoms with Crippen molar-refractivity contribution in [2.45, 2.75) is 18.8 Å². The first kappa shape index (κ1) is 9.65. The molecule has 2 N–H and O–H groups in total. The Kier molecular flexibility index (Phi) is 2.82. The van der Waals surface area contributed by atoms with Crippen molar-refractivity contribution in [3.63, 3.8) is 0 Å². The van der Waals surface area contributed by atoms with Crippen molar-refractivity contribution in [1.82, 2.24) is 0 Å². The molecule has 1 fully saturated rings. The highest BCUT2D eigenvalue weighted by Crippen LogP contribution is 2.23. The van der Waals surface area contributed by atoms with Crippen LogP contribution in [0.5, 0.6) is 0 Å². The van der Waals surface area contributed by atoms with Gasteiger partial charge in [-0.1, -0.05) is 30.3 Å². The zero-order valence-corrected chi connectivity index (χ0v) is 8.11. The lowest BCUT2D eigenvalue weighted by molar-refractivity contribution is 0.0996. The molecule has 1 atom stereocenters. The van der Waals surface area contributed by atoms with Gasteiger partial charge in [0, 0.05) is 6.42 Å². The molecule has 1 aromatic carbocycles. The molecule has 1 aromatic rings. The summed E-state index contributed by atoms with van der Waals surface area (Å²) in [6.45, 7) is 1.98. The second kappa shape index (κ2) is 4.09. The van der Waals surface area contributed by atoms with E-state index in [1.165, 1.54) is 5.56 Å². The highest BCUT2D eigenvalue weighted by molar-refractivity contribution is 5.13. The monoisotopic (exact) mass is 193 g/mol. The molecule has 3 heteroatoms. The number of rotatable bonds is 5. The van der Waals surface area contributed by atoms with Crippen molar-refractivity contribution in [2.75, 3.05) is 13.2 Å². The van der Waals surface area contributed by atoms with Crippen molar-refractivity contribution in [2.24, 2.45) is 5.73 Å². The maximum absolute atomic E-state index is 5.72. The Balaban J connectivity index is 1.63. The van der Waals surface area contributed by atoms with Gasteiger partial charge in [-0.05, 0) is 5.56 Å². The predicted octanol–water partition coefficient (Wildman–Crippen LogP) is 1.28. The van der Waals surface area contributed by atoms with Crippen LogP contribution < -0.4 is 5.73 Å². The molecule has 0 bridgehead atoms. The summed E-state index contributed by atoms with van der Waals surface area (Å²) in [5.41, 5.74) is 6.54. The van der Waals surface area contributed by atoms with E-state index in [0.29, 0.717) is 19.8 Å². The van der Waals surface area contributed by atoms with Gasteiger partial charge in [0.15, 0.2) is 0 Å². The lowest BCUT2D eigenvalue weighted by Crippen LogP contribution is -2.25. The van der Waals surface area contributed by atoms with E-state index in [-0.39, 0.29) is 5.72 Å². The number of ether oxygens (including phenoxy) is 2. The minimum absolute atomic E-state index is 0.378. The van der Waals surface area contributed by atoms with E-state index < -0.39 is 0 Å². The summed E-state index contributed by atoms with van der Waals surface area (Å²) in [4.78, 5) is 0. The van der Waals surface area contributed by atoms with Gasteiger partial charge in [-0.15, -0.1) is 0 Å². The highest BCUT2D eigenvalue weighted by Gasteiger charge is 2.39. The van der Waals surface area contributed by atoms with E-state index in [9.17, 15) is 0 Å². The Morgan fingerprint density at radius 1 is 1.36 bits per heavy atom. The first-order valence-electron chi connectivity index (χ1n) is 4.83. The average Bonchev–Trinajstić information content (AvgIpc) is 2.94. The van der Waals surface area contributed by atoms with Gasteiger partial charge in [-0.25, -0.2) is 0 Å². The smallest absolute Gasteiger partial charge is 0.142 e. The van der Waals surface area contributed by atoms with Crippen LogP contribution >= 0.6 is 0 Å². The molecule has 1 saturated heterocycles. The van der Waals surface area contributed by atoms with E-state index in [1.54, 1.807) is 0 Å². The van der Waals surface area contributed by atoms with Gasteiger partial charge in [0.1, 0.15) is 5.72 Å². The maximum Gasteiger partial charge on any atom is 0.142 e. The van der Waals surface area contributed by atoms with E-state index >= 15 is 0 Å². The van der Waals surface area contributed by atoms with Gasteiger partial charge >= 0.3 is 0 Å². The molecule has 0 aliphatic carbocycles. The Labute approximate surface area is 83.8 Å². The van der Waals surface area contributed by atoms with Crippen LogP contribution in [-0.4, -0.2) is 18.9 Å². The van der Waals surface area contributed by atoms with E-state index in [4.69, 9.17) is 15.2 Å². The minimum Gasteiger partial charge on any atom is -0.377 e. The van der Waals surface area contributed by atoms with Crippen LogP contribution in [0, 0.1) is 0 Å². The number of hydrogen-bond acceptors (Lipinski definition) is 3. The Hall–Kier alpha value is -0.900. The van der Waals surface area contributed by atoms with Crippen LogP contribution in [0.4, 0.5) is 0 Å². The molecule has 0 radical (unpaired) electrons. The third kappa shape index (κ3) is 2.80. The molecule has 1 aliphatic heterocycles. The molecule has 0 aromatic heterocycles. The molecule has 1 aliphatic rings. The molecule has 3 nitrogen and oxygen atoms in total. The quantitative estimate of drug-likeness (QED) is 0.566. The van der Waals surface area contributed by atoms with Crippen molar-refractivity contribution in [3.8, 4) is 0 Å². The summed E-state index contributed by atoms with van der Waals surface area (Å²) >= 11 is 0. The van der Waals surface area contributed by atoms with Crippen molar-refractivity contribution >= 4 is 0 Å². The zero-order chi connectivity index (χ0) is 9.86. The summed E-state index contributed by atoms with van der Waals surface area (Å²) in [7, 11) is 0. The topological polar surface area (TPSA) is 47.8 Å². The van der Waals surface area contributed by atoms with E-state index in [1.807, 2.05) is 30.3 Å². The van der Waals surface area contributed by atoms with Gasteiger partial charge in [0.25, 0.3) is 0 Å². The molecular weight excluding hydrogens is 178 g/mol. The summed E-state index contributed by atoms with van der Waals surface area (Å²) < 4.78 is 10.5. The molecule has 76 valence electrons. The number of benzene rings is 1. The summed E-state index contributed by atoms with van der Waals surface area (Å²) in [6.07, 6.45) is 0.778. The fourth-order valence-electron chi connectivity index (χ4n) is 1.25. The molecular formula is C11H15NO2. The number of nitrogens with two attached hydrogens (primary N) is 1. The fraction of sp³-hybridized carbons (Fsp3) is 0.455. The predicted molar refractivity (Wildman–Crippen MR) is 53.6 cm³/mol. The molecule has 0 unspecified atom stereocenters. The summed E-state index contributed by atoms with van der Waals surface area (Å²) in [6, 6.07) is 10.1. The van der Waals surface area contributed by atoms with Gasteiger partial charge in [0.05, 0.1) is 19.8 Å². The molecule has 0 amide bonds. The van der Waals surface area contributed by atoms with Crippen LogP contribution in [-0.2, 0) is 16.1 Å². The SMILES string of the molecule is N[C@@]1(CCOCc2ccccc2)CO1. The Bertz CT molecular complexity index is 283. The van der Waals surface area contributed by atoms with Crippen LogP contribution in [0.1, 0.15) is 12.0 Å². The first-order valence-corrected chi connectivity index (χ1v) is 4.83. The lowest BCUT2D eigenvalue weighted by atomic mass is 10.2. The standard InChI is InChI=1S/C11H15NO2/c12-11(9-14-11)6-7-13-8-10-4-2-1-3-5-10/h1-5H,6-9,12H2/t11-/m1/s1. The summed E-state index contributed by atoms with van der Waals surface area (Å²) in [5, 5.41) is 0. The summed E-state index contributed by atoms with van der Waals surface area (Å²) in [5.74, 6) is 0. The van der Waals surface area contributed by atoms with Gasteiger partial charge in [-0.3, -0.25) is 0 Å². The molecule has 14 heavy (non-hydrogen) atoms. The fourth-order valence-corrected chi connectivity index (χ4v) is 1.25. The second-order valence-electron chi connectivity index (χ2n) is 3.64. The van der Waals surface area contributed by atoms with Gasteiger partial charge in [0.2, 0.25) is 0 Å². The number of hydrogen-bond donors (Lipinski definition) is 1. The third-order valence-corrected chi connectivity index (χ3v) is 2.30. The van der Waals surface area contributed by atoms with Crippen molar-refractivity contribution < 1.29 is 9.47 Å². The average molecular weight is 193 g/mol. The van der Waals surface area contributed by atoms with Crippen LogP contribution in [0.2, 0.25) is 0 Å². The molecule has 2 rings (SSSR count). The van der Waals surface area contributed by atoms with Crippen LogP contribution in [0.25, 0.3) is 0 Å².